The first-order valence-corrected chi connectivity index (χ1v) is 7.12. The molecule has 1 aromatic heterocycles. The van der Waals surface area contributed by atoms with E-state index in [1.165, 1.54) is 6.20 Å². The third kappa shape index (κ3) is 3.46. The molecule has 6 heteroatoms. The van der Waals surface area contributed by atoms with Gasteiger partial charge < -0.3 is 19.9 Å². The maximum absolute atomic E-state index is 12.1. The normalized spacial score (nSPS) is 12.0. The molecule has 1 unspecified atom stereocenters. The third-order valence-corrected chi connectivity index (χ3v) is 3.14. The van der Waals surface area contributed by atoms with Gasteiger partial charge in [-0.3, -0.25) is 4.98 Å². The minimum Gasteiger partial charge on any atom is -0.497 e. The monoisotopic (exact) mass is 304 g/mol. The van der Waals surface area contributed by atoms with Crippen molar-refractivity contribution in [2.24, 2.45) is 0 Å². The fourth-order valence-corrected chi connectivity index (χ4v) is 2.10. The number of hydrogen-bond acceptors (Lipinski definition) is 6. The fourth-order valence-electron chi connectivity index (χ4n) is 2.10. The summed E-state index contributed by atoms with van der Waals surface area (Å²) in [6, 6.07) is 5.42. The Morgan fingerprint density at radius 2 is 2.23 bits per heavy atom. The van der Waals surface area contributed by atoms with Gasteiger partial charge in [0.15, 0.2) is 0 Å². The molecule has 2 rings (SSSR count). The first kappa shape index (κ1) is 16.0. The van der Waals surface area contributed by atoms with Crippen molar-refractivity contribution in [3.05, 3.63) is 30.0 Å². The molecular formula is C16H20N2O4. The maximum Gasteiger partial charge on any atom is 0.341 e. The van der Waals surface area contributed by atoms with Crippen molar-refractivity contribution in [1.82, 2.24) is 4.98 Å². The van der Waals surface area contributed by atoms with Crippen molar-refractivity contribution in [2.45, 2.75) is 20.0 Å². The van der Waals surface area contributed by atoms with Crippen LogP contribution in [0.25, 0.3) is 10.9 Å². The van der Waals surface area contributed by atoms with Gasteiger partial charge in [0.1, 0.15) is 11.3 Å². The molecule has 0 aliphatic heterocycles. The lowest BCUT2D eigenvalue weighted by Crippen LogP contribution is -2.18. The number of nitrogens with zero attached hydrogens (tertiary/aromatic N) is 1. The van der Waals surface area contributed by atoms with Crippen LogP contribution < -0.4 is 10.1 Å². The Kier molecular flexibility index (Phi) is 5.16. The summed E-state index contributed by atoms with van der Waals surface area (Å²) in [5.41, 5.74) is 1.65. The highest BCUT2D eigenvalue weighted by atomic mass is 16.5. The van der Waals surface area contributed by atoms with Gasteiger partial charge in [-0.05, 0) is 32.0 Å². The number of pyridine rings is 1. The van der Waals surface area contributed by atoms with Gasteiger partial charge in [0.2, 0.25) is 0 Å². The van der Waals surface area contributed by atoms with Crippen LogP contribution in [0.4, 0.5) is 5.69 Å². The number of carbonyl (C=O) groups excluding carboxylic acids is 1. The van der Waals surface area contributed by atoms with Gasteiger partial charge in [-0.2, -0.15) is 0 Å². The molecule has 2 aromatic rings. The number of rotatable bonds is 6. The van der Waals surface area contributed by atoms with Crippen LogP contribution in [-0.4, -0.2) is 42.4 Å². The molecule has 118 valence electrons. The molecule has 1 aromatic carbocycles. The van der Waals surface area contributed by atoms with Crippen LogP contribution >= 0.6 is 0 Å². The second kappa shape index (κ2) is 7.09. The van der Waals surface area contributed by atoms with Gasteiger partial charge in [0, 0.05) is 18.1 Å². The number of aromatic nitrogens is 1. The second-order valence-electron chi connectivity index (χ2n) is 4.88. The zero-order valence-electron chi connectivity index (χ0n) is 12.9. The van der Waals surface area contributed by atoms with Gasteiger partial charge in [0.05, 0.1) is 31.0 Å². The summed E-state index contributed by atoms with van der Waals surface area (Å²) in [6.07, 6.45) is 0.931. The van der Waals surface area contributed by atoms with Crippen LogP contribution in [0.3, 0.4) is 0 Å². The summed E-state index contributed by atoms with van der Waals surface area (Å²) in [4.78, 5) is 16.4. The Bertz CT molecular complexity index is 670. The SMILES string of the molecule is CCOC(=O)c1cnc2ccc(OC)cc2c1NCC(C)O. The molecule has 0 saturated carbocycles. The minimum absolute atomic E-state index is 0.283. The first-order valence-electron chi connectivity index (χ1n) is 7.12. The molecule has 1 heterocycles. The van der Waals surface area contributed by atoms with Crippen LogP contribution in [-0.2, 0) is 4.74 Å². The molecule has 22 heavy (non-hydrogen) atoms. The number of aliphatic hydroxyl groups excluding tert-OH is 1. The van der Waals surface area contributed by atoms with Crippen molar-refractivity contribution in [3.63, 3.8) is 0 Å². The number of anilines is 1. The molecule has 0 saturated heterocycles. The molecule has 0 spiro atoms. The van der Waals surface area contributed by atoms with Gasteiger partial charge in [-0.25, -0.2) is 4.79 Å². The van der Waals surface area contributed by atoms with Crippen LogP contribution in [0, 0.1) is 0 Å². The standard InChI is InChI=1S/C16H20N2O4/c1-4-22-16(20)13-9-17-14-6-5-11(21-3)7-12(14)15(13)18-8-10(2)19/h5-7,9-10,19H,4,8H2,1-3H3,(H,17,18). The molecule has 0 amide bonds. The van der Waals surface area contributed by atoms with E-state index in [9.17, 15) is 9.90 Å². The van der Waals surface area contributed by atoms with Crippen LogP contribution in [0.1, 0.15) is 24.2 Å². The molecule has 0 fully saturated rings. The Hall–Kier alpha value is -2.34. The highest BCUT2D eigenvalue weighted by Gasteiger charge is 2.17. The number of methoxy groups -OCH3 is 1. The molecule has 6 nitrogen and oxygen atoms in total. The van der Waals surface area contributed by atoms with Crippen LogP contribution in [0.5, 0.6) is 5.75 Å². The summed E-state index contributed by atoms with van der Waals surface area (Å²) >= 11 is 0. The summed E-state index contributed by atoms with van der Waals surface area (Å²) in [5.74, 6) is 0.211. The molecular weight excluding hydrogens is 284 g/mol. The van der Waals surface area contributed by atoms with E-state index in [2.05, 4.69) is 10.3 Å². The van der Waals surface area contributed by atoms with Gasteiger partial charge in [-0.1, -0.05) is 0 Å². The Morgan fingerprint density at radius 1 is 1.45 bits per heavy atom. The van der Waals surface area contributed by atoms with Gasteiger partial charge >= 0.3 is 5.97 Å². The zero-order valence-corrected chi connectivity index (χ0v) is 12.9. The number of nitrogens with one attached hydrogen (secondary N) is 1. The Morgan fingerprint density at radius 3 is 2.86 bits per heavy atom. The summed E-state index contributed by atoms with van der Waals surface area (Å²) in [7, 11) is 1.58. The second-order valence-corrected chi connectivity index (χ2v) is 4.88. The smallest absolute Gasteiger partial charge is 0.341 e. The number of hydrogen-bond donors (Lipinski definition) is 2. The van der Waals surface area contributed by atoms with E-state index in [1.807, 2.05) is 6.07 Å². The number of carbonyl (C=O) groups is 1. The minimum atomic E-state index is -0.552. The molecule has 0 radical (unpaired) electrons. The number of ether oxygens (including phenoxy) is 2. The fraction of sp³-hybridized carbons (Fsp3) is 0.375. The summed E-state index contributed by atoms with van der Waals surface area (Å²) in [5, 5.41) is 13.3. The summed E-state index contributed by atoms with van der Waals surface area (Å²) in [6.45, 7) is 4.01. The summed E-state index contributed by atoms with van der Waals surface area (Å²) < 4.78 is 10.3. The Labute approximate surface area is 129 Å². The predicted molar refractivity (Wildman–Crippen MR) is 84.4 cm³/mol. The van der Waals surface area contributed by atoms with E-state index >= 15 is 0 Å². The van der Waals surface area contributed by atoms with Crippen LogP contribution in [0.15, 0.2) is 24.4 Å². The zero-order chi connectivity index (χ0) is 16.1. The van der Waals surface area contributed by atoms with E-state index in [0.29, 0.717) is 23.5 Å². The van der Waals surface area contributed by atoms with Crippen molar-refractivity contribution in [2.75, 3.05) is 25.6 Å². The lowest BCUT2D eigenvalue weighted by molar-refractivity contribution is 0.0527. The van der Waals surface area contributed by atoms with E-state index in [-0.39, 0.29) is 6.61 Å². The lowest BCUT2D eigenvalue weighted by atomic mass is 10.1. The average Bonchev–Trinajstić information content (AvgIpc) is 2.51. The molecule has 0 aliphatic rings. The Balaban J connectivity index is 2.57. The van der Waals surface area contributed by atoms with Crippen molar-refractivity contribution in [3.8, 4) is 5.75 Å². The maximum atomic E-state index is 12.1. The third-order valence-electron chi connectivity index (χ3n) is 3.14. The van der Waals surface area contributed by atoms with Crippen molar-refractivity contribution in [1.29, 1.82) is 0 Å². The van der Waals surface area contributed by atoms with Gasteiger partial charge in [0.25, 0.3) is 0 Å². The quantitative estimate of drug-likeness (QED) is 0.796. The molecule has 0 bridgehead atoms. The highest BCUT2D eigenvalue weighted by molar-refractivity contribution is 6.05. The molecule has 0 aliphatic carbocycles. The van der Waals surface area contributed by atoms with E-state index in [1.54, 1.807) is 33.1 Å². The van der Waals surface area contributed by atoms with E-state index in [0.717, 1.165) is 10.9 Å². The van der Waals surface area contributed by atoms with E-state index in [4.69, 9.17) is 9.47 Å². The number of fused-ring (bicyclic) bond motifs is 1. The number of benzene rings is 1. The molecule has 1 atom stereocenters. The van der Waals surface area contributed by atoms with E-state index < -0.39 is 12.1 Å². The van der Waals surface area contributed by atoms with Crippen LogP contribution in [0.2, 0.25) is 0 Å². The highest BCUT2D eigenvalue weighted by Crippen LogP contribution is 2.29. The lowest BCUT2D eigenvalue weighted by Gasteiger charge is -2.15. The van der Waals surface area contributed by atoms with Gasteiger partial charge in [-0.15, -0.1) is 0 Å². The average molecular weight is 304 g/mol. The van der Waals surface area contributed by atoms with Crippen molar-refractivity contribution >= 4 is 22.6 Å². The number of aliphatic hydroxyl groups is 1. The topological polar surface area (TPSA) is 80.7 Å². The first-order chi connectivity index (χ1) is 10.6. The molecule has 2 N–H and O–H groups in total. The largest absolute Gasteiger partial charge is 0.497 e. The predicted octanol–water partition coefficient (Wildman–Crippen LogP) is 2.21. The number of esters is 1. The van der Waals surface area contributed by atoms with Crippen molar-refractivity contribution < 1.29 is 19.4 Å².